The molecule has 0 aliphatic heterocycles. The van der Waals surface area contributed by atoms with Crippen molar-refractivity contribution in [1.29, 1.82) is 0 Å². The van der Waals surface area contributed by atoms with Gasteiger partial charge in [-0.1, -0.05) is 12.8 Å². The number of benzene rings is 2. The van der Waals surface area contributed by atoms with Crippen LogP contribution in [-0.2, 0) is 4.74 Å². The summed E-state index contributed by atoms with van der Waals surface area (Å²) in [5, 5.41) is 22.4. The number of ether oxygens (including phenoxy) is 4. The third-order valence-electron chi connectivity index (χ3n) is 5.04. The Hall–Kier alpha value is -2.48. The molecule has 2 aromatic carbocycles. The lowest BCUT2D eigenvalue weighted by Crippen LogP contribution is -2.33. The second-order valence-corrected chi connectivity index (χ2v) is 7.61. The lowest BCUT2D eigenvalue weighted by molar-refractivity contribution is 0.0382. The first kappa shape index (κ1) is 23.2. The molecule has 0 bridgehead atoms. The lowest BCUT2D eigenvalue weighted by Gasteiger charge is -2.14. The number of aromatic hydroxyl groups is 1. The maximum absolute atomic E-state index is 10.1. The Morgan fingerprint density at radius 2 is 1.39 bits per heavy atom. The quantitative estimate of drug-likeness (QED) is 0.396. The van der Waals surface area contributed by atoms with Crippen LogP contribution in [0.2, 0.25) is 0 Å². The summed E-state index contributed by atoms with van der Waals surface area (Å²) in [7, 11) is 0. The normalized spacial score (nSPS) is 15.0. The minimum absolute atomic E-state index is 0.196. The predicted octanol–water partition coefficient (Wildman–Crippen LogP) is 3.14. The molecule has 3 N–H and O–H groups in total. The van der Waals surface area contributed by atoms with Crippen molar-refractivity contribution < 1.29 is 29.2 Å². The SMILES string of the molecule is Oc1ccc(OCCNCC(O)COc2ccc(OCCOC3CCCC3)cc2)cc1. The Labute approximate surface area is 183 Å². The zero-order valence-electron chi connectivity index (χ0n) is 17.9. The first-order valence-electron chi connectivity index (χ1n) is 11.0. The standard InChI is InChI=1S/C24H33NO6/c26-19-5-7-22(8-6-19)28-14-13-25-17-20(27)18-31-24-11-9-23(10-12-24)30-16-15-29-21-3-1-2-4-21/h5-12,20-21,25-27H,1-4,13-18H2. The average molecular weight is 432 g/mol. The number of nitrogens with one attached hydrogen (secondary N) is 1. The zero-order valence-corrected chi connectivity index (χ0v) is 17.9. The van der Waals surface area contributed by atoms with Gasteiger partial charge in [-0.15, -0.1) is 0 Å². The number of hydrogen-bond donors (Lipinski definition) is 3. The molecule has 7 heteroatoms. The third-order valence-corrected chi connectivity index (χ3v) is 5.04. The summed E-state index contributed by atoms with van der Waals surface area (Å²) in [6.45, 7) is 2.81. The van der Waals surface area contributed by atoms with Gasteiger partial charge in [-0.3, -0.25) is 0 Å². The van der Waals surface area contributed by atoms with E-state index in [1.165, 1.54) is 25.7 Å². The van der Waals surface area contributed by atoms with Gasteiger partial charge in [-0.2, -0.15) is 0 Å². The van der Waals surface area contributed by atoms with Gasteiger partial charge in [0.25, 0.3) is 0 Å². The molecule has 1 saturated carbocycles. The Kier molecular flexibility index (Phi) is 9.76. The first-order valence-corrected chi connectivity index (χ1v) is 11.0. The van der Waals surface area contributed by atoms with Crippen LogP contribution >= 0.6 is 0 Å². The Bertz CT molecular complexity index is 731. The van der Waals surface area contributed by atoms with E-state index in [1.807, 2.05) is 24.3 Å². The molecule has 0 radical (unpaired) electrons. The fraction of sp³-hybridized carbons (Fsp3) is 0.500. The lowest BCUT2D eigenvalue weighted by atomic mass is 10.3. The van der Waals surface area contributed by atoms with Gasteiger partial charge in [0.1, 0.15) is 48.9 Å². The number of aliphatic hydroxyl groups excluding tert-OH is 1. The zero-order chi connectivity index (χ0) is 21.7. The number of hydrogen-bond acceptors (Lipinski definition) is 7. The minimum atomic E-state index is -0.627. The number of rotatable bonds is 14. The summed E-state index contributed by atoms with van der Waals surface area (Å²) in [6, 6.07) is 13.9. The second-order valence-electron chi connectivity index (χ2n) is 7.61. The van der Waals surface area contributed by atoms with Gasteiger partial charge in [-0.25, -0.2) is 0 Å². The second kappa shape index (κ2) is 13.0. The molecule has 0 aromatic heterocycles. The van der Waals surface area contributed by atoms with Gasteiger partial charge in [0, 0.05) is 13.1 Å². The van der Waals surface area contributed by atoms with Crippen LogP contribution in [0.4, 0.5) is 0 Å². The Morgan fingerprint density at radius 3 is 2.06 bits per heavy atom. The van der Waals surface area contributed by atoms with Crippen molar-refractivity contribution in [3.05, 3.63) is 48.5 Å². The first-order chi connectivity index (χ1) is 15.2. The summed E-state index contributed by atoms with van der Waals surface area (Å²) >= 11 is 0. The van der Waals surface area contributed by atoms with Crippen molar-refractivity contribution in [3.8, 4) is 23.0 Å². The highest BCUT2D eigenvalue weighted by Gasteiger charge is 2.14. The van der Waals surface area contributed by atoms with Gasteiger partial charge in [0.05, 0.1) is 12.7 Å². The molecular weight excluding hydrogens is 398 g/mol. The molecule has 3 rings (SSSR count). The Balaban J connectivity index is 1.21. The maximum atomic E-state index is 10.1. The van der Waals surface area contributed by atoms with Crippen LogP contribution in [0.15, 0.2) is 48.5 Å². The van der Waals surface area contributed by atoms with Gasteiger partial charge in [0.2, 0.25) is 0 Å². The third kappa shape index (κ3) is 9.04. The molecule has 2 aromatic rings. The van der Waals surface area contributed by atoms with Crippen molar-refractivity contribution >= 4 is 0 Å². The monoisotopic (exact) mass is 431 g/mol. The molecule has 1 aliphatic rings. The highest BCUT2D eigenvalue weighted by Crippen LogP contribution is 2.21. The maximum Gasteiger partial charge on any atom is 0.119 e. The summed E-state index contributed by atoms with van der Waals surface area (Å²) in [6.07, 6.45) is 4.66. The fourth-order valence-corrected chi connectivity index (χ4v) is 3.36. The van der Waals surface area contributed by atoms with Crippen LogP contribution < -0.4 is 19.5 Å². The van der Waals surface area contributed by atoms with Gasteiger partial charge in [0.15, 0.2) is 0 Å². The van der Waals surface area contributed by atoms with Crippen molar-refractivity contribution in [2.75, 3.05) is 39.5 Å². The molecule has 0 heterocycles. The highest BCUT2D eigenvalue weighted by molar-refractivity contribution is 5.31. The van der Waals surface area contributed by atoms with E-state index in [0.29, 0.717) is 50.5 Å². The van der Waals surface area contributed by atoms with Crippen molar-refractivity contribution in [1.82, 2.24) is 5.32 Å². The highest BCUT2D eigenvalue weighted by atomic mass is 16.5. The Morgan fingerprint density at radius 1 is 0.806 bits per heavy atom. The fourth-order valence-electron chi connectivity index (χ4n) is 3.36. The van der Waals surface area contributed by atoms with Gasteiger partial charge < -0.3 is 34.5 Å². The smallest absolute Gasteiger partial charge is 0.119 e. The summed E-state index contributed by atoms with van der Waals surface area (Å²) in [5.41, 5.74) is 0. The van der Waals surface area contributed by atoms with Crippen LogP contribution in [0.25, 0.3) is 0 Å². The molecular formula is C24H33NO6. The molecule has 1 unspecified atom stereocenters. The molecule has 7 nitrogen and oxygen atoms in total. The van der Waals surface area contributed by atoms with Crippen LogP contribution in [0.1, 0.15) is 25.7 Å². The van der Waals surface area contributed by atoms with Crippen LogP contribution in [0.3, 0.4) is 0 Å². The molecule has 0 amide bonds. The molecule has 0 spiro atoms. The topological polar surface area (TPSA) is 89.4 Å². The molecule has 170 valence electrons. The van der Waals surface area contributed by atoms with Crippen molar-refractivity contribution in [2.45, 2.75) is 37.9 Å². The van der Waals surface area contributed by atoms with Gasteiger partial charge >= 0.3 is 0 Å². The number of aliphatic hydroxyl groups is 1. The van der Waals surface area contributed by atoms with E-state index in [2.05, 4.69) is 5.32 Å². The molecule has 1 fully saturated rings. The summed E-state index contributed by atoms with van der Waals surface area (Å²) in [4.78, 5) is 0. The molecule has 1 atom stereocenters. The van der Waals surface area contributed by atoms with E-state index in [4.69, 9.17) is 18.9 Å². The number of phenols is 1. The summed E-state index contributed by atoms with van der Waals surface area (Å²) in [5.74, 6) is 2.36. The van der Waals surface area contributed by atoms with E-state index < -0.39 is 6.10 Å². The predicted molar refractivity (Wildman–Crippen MR) is 118 cm³/mol. The summed E-state index contributed by atoms with van der Waals surface area (Å²) < 4.78 is 22.6. The molecule has 1 aliphatic carbocycles. The molecule has 31 heavy (non-hydrogen) atoms. The number of phenolic OH excluding ortho intramolecular Hbond substituents is 1. The van der Waals surface area contributed by atoms with E-state index in [9.17, 15) is 10.2 Å². The van der Waals surface area contributed by atoms with E-state index in [-0.39, 0.29) is 12.4 Å². The van der Waals surface area contributed by atoms with E-state index >= 15 is 0 Å². The van der Waals surface area contributed by atoms with Crippen LogP contribution in [0.5, 0.6) is 23.0 Å². The molecule has 0 saturated heterocycles. The van der Waals surface area contributed by atoms with E-state index in [1.54, 1.807) is 24.3 Å². The van der Waals surface area contributed by atoms with Crippen molar-refractivity contribution in [2.24, 2.45) is 0 Å². The van der Waals surface area contributed by atoms with E-state index in [0.717, 1.165) is 5.75 Å². The minimum Gasteiger partial charge on any atom is -0.508 e. The van der Waals surface area contributed by atoms with Gasteiger partial charge in [-0.05, 0) is 61.4 Å². The van der Waals surface area contributed by atoms with Crippen molar-refractivity contribution in [3.63, 3.8) is 0 Å². The van der Waals surface area contributed by atoms with Crippen LogP contribution in [0, 0.1) is 0 Å². The van der Waals surface area contributed by atoms with Crippen LogP contribution in [-0.4, -0.2) is 61.9 Å². The average Bonchev–Trinajstić information content (AvgIpc) is 3.31. The largest absolute Gasteiger partial charge is 0.508 e.